The molecule has 1 aromatic rings. The molecule has 0 aromatic carbocycles. The van der Waals surface area contributed by atoms with E-state index >= 15 is 0 Å². The Morgan fingerprint density at radius 3 is 2.77 bits per heavy atom. The summed E-state index contributed by atoms with van der Waals surface area (Å²) >= 11 is 0. The summed E-state index contributed by atoms with van der Waals surface area (Å²) in [5.41, 5.74) is 1.23. The monoisotopic (exact) mass is 308 g/mol. The normalized spacial score (nSPS) is 19.8. The van der Waals surface area contributed by atoms with E-state index in [0.717, 1.165) is 6.54 Å². The number of β-amino-alcohol motifs (C(OH)–C–C–N with tert-alkyl or cyclic N) is 1. The van der Waals surface area contributed by atoms with E-state index < -0.39 is 6.10 Å². The van der Waals surface area contributed by atoms with E-state index in [1.165, 1.54) is 5.57 Å². The number of rotatable bonds is 4. The minimum absolute atomic E-state index is 0.203. The number of carbonyl (C=O) groups is 1. The van der Waals surface area contributed by atoms with E-state index in [9.17, 15) is 9.90 Å². The third-order valence-corrected chi connectivity index (χ3v) is 3.66. The third kappa shape index (κ3) is 4.43. The average molecular weight is 308 g/mol. The maximum atomic E-state index is 12.4. The van der Waals surface area contributed by atoms with Crippen molar-refractivity contribution in [2.45, 2.75) is 26.6 Å². The standard InChI is InChI=1S/C16H24N2O4/c1-12(2)5-6-17-7-8-18(10-13(20)9-17)16(21)15-4-3-14(11-19)22-15/h3-5,13,19-20H,6-11H2,1-2H3/t13-/m0/s1. The lowest BCUT2D eigenvalue weighted by Gasteiger charge is -2.20. The van der Waals surface area contributed by atoms with Gasteiger partial charge < -0.3 is 19.5 Å². The Balaban J connectivity index is 2.00. The van der Waals surface area contributed by atoms with Gasteiger partial charge in [0.2, 0.25) is 0 Å². The van der Waals surface area contributed by atoms with Gasteiger partial charge in [0.05, 0.1) is 6.10 Å². The lowest BCUT2D eigenvalue weighted by Crippen LogP contribution is -2.37. The first-order chi connectivity index (χ1) is 10.5. The van der Waals surface area contributed by atoms with Gasteiger partial charge in [-0.2, -0.15) is 0 Å². The molecule has 2 N–H and O–H groups in total. The second-order valence-electron chi connectivity index (χ2n) is 5.87. The Hall–Kier alpha value is -1.63. The van der Waals surface area contributed by atoms with Crippen molar-refractivity contribution in [3.8, 4) is 0 Å². The van der Waals surface area contributed by atoms with Crippen molar-refractivity contribution in [3.05, 3.63) is 35.3 Å². The van der Waals surface area contributed by atoms with Crippen LogP contribution in [0.2, 0.25) is 0 Å². The Bertz CT molecular complexity index is 534. The molecule has 22 heavy (non-hydrogen) atoms. The van der Waals surface area contributed by atoms with Gasteiger partial charge in [-0.1, -0.05) is 11.6 Å². The summed E-state index contributed by atoms with van der Waals surface area (Å²) in [6.45, 7) is 6.72. The predicted molar refractivity (Wildman–Crippen MR) is 82.4 cm³/mol. The van der Waals surface area contributed by atoms with E-state index in [-0.39, 0.29) is 18.3 Å². The van der Waals surface area contributed by atoms with E-state index in [1.807, 2.05) is 13.8 Å². The molecule has 0 unspecified atom stereocenters. The van der Waals surface area contributed by atoms with Gasteiger partial charge in [0.1, 0.15) is 12.4 Å². The molecule has 1 amide bonds. The topological polar surface area (TPSA) is 77.2 Å². The van der Waals surface area contributed by atoms with Crippen LogP contribution in [0, 0.1) is 0 Å². The first kappa shape index (κ1) is 16.7. The van der Waals surface area contributed by atoms with Gasteiger partial charge in [-0.3, -0.25) is 9.69 Å². The fraction of sp³-hybridized carbons (Fsp3) is 0.562. The Labute approximate surface area is 130 Å². The maximum absolute atomic E-state index is 12.4. The molecular formula is C16H24N2O4. The molecule has 1 aliphatic rings. The van der Waals surface area contributed by atoms with Gasteiger partial charge >= 0.3 is 0 Å². The SMILES string of the molecule is CC(C)=CCN1CCN(C(=O)c2ccc(CO)o2)C[C@@H](O)C1. The molecule has 0 bridgehead atoms. The summed E-state index contributed by atoms with van der Waals surface area (Å²) in [5.74, 6) is 0.320. The van der Waals surface area contributed by atoms with E-state index in [2.05, 4.69) is 11.0 Å². The fourth-order valence-electron chi connectivity index (χ4n) is 2.45. The molecule has 0 saturated carbocycles. The molecule has 6 nitrogen and oxygen atoms in total. The summed E-state index contributed by atoms with van der Waals surface area (Å²) in [4.78, 5) is 16.1. The summed E-state index contributed by atoms with van der Waals surface area (Å²) in [5, 5.41) is 19.1. The second kappa shape index (κ2) is 7.58. The van der Waals surface area contributed by atoms with Crippen molar-refractivity contribution >= 4 is 5.91 Å². The molecule has 2 rings (SSSR count). The number of aliphatic hydroxyl groups is 2. The third-order valence-electron chi connectivity index (χ3n) is 3.66. The zero-order chi connectivity index (χ0) is 16.1. The predicted octanol–water partition coefficient (Wildman–Crippen LogP) is 0.857. The van der Waals surface area contributed by atoms with E-state index in [1.54, 1.807) is 17.0 Å². The number of hydrogen-bond acceptors (Lipinski definition) is 5. The van der Waals surface area contributed by atoms with E-state index in [4.69, 9.17) is 9.52 Å². The van der Waals surface area contributed by atoms with Crippen LogP contribution in [0.4, 0.5) is 0 Å². The number of hydrogen-bond donors (Lipinski definition) is 2. The van der Waals surface area contributed by atoms with E-state index in [0.29, 0.717) is 31.9 Å². The summed E-state index contributed by atoms with van der Waals surface area (Å²) in [6.07, 6.45) is 1.54. The summed E-state index contributed by atoms with van der Waals surface area (Å²) < 4.78 is 5.28. The van der Waals surface area contributed by atoms with Crippen LogP contribution in [0.15, 0.2) is 28.2 Å². The quantitative estimate of drug-likeness (QED) is 0.807. The highest BCUT2D eigenvalue weighted by Crippen LogP contribution is 2.13. The van der Waals surface area contributed by atoms with Gasteiger partial charge in [-0.05, 0) is 26.0 Å². The first-order valence-electron chi connectivity index (χ1n) is 7.52. The molecule has 122 valence electrons. The number of furan rings is 1. The van der Waals surface area contributed by atoms with Crippen LogP contribution in [-0.4, -0.2) is 64.7 Å². The average Bonchev–Trinajstić information content (AvgIpc) is 2.88. The number of amides is 1. The first-order valence-corrected chi connectivity index (χ1v) is 7.52. The molecule has 1 aromatic heterocycles. The smallest absolute Gasteiger partial charge is 0.289 e. The van der Waals surface area contributed by atoms with Gasteiger partial charge in [-0.15, -0.1) is 0 Å². The molecule has 1 fully saturated rings. The second-order valence-corrected chi connectivity index (χ2v) is 5.87. The van der Waals surface area contributed by atoms with Gasteiger partial charge in [0.25, 0.3) is 5.91 Å². The van der Waals surface area contributed by atoms with Crippen molar-refractivity contribution in [3.63, 3.8) is 0 Å². The largest absolute Gasteiger partial charge is 0.453 e. The molecule has 1 saturated heterocycles. The molecule has 1 aliphatic heterocycles. The molecule has 0 radical (unpaired) electrons. The zero-order valence-corrected chi connectivity index (χ0v) is 13.2. The molecule has 0 spiro atoms. The molecule has 1 atom stereocenters. The number of nitrogens with zero attached hydrogens (tertiary/aromatic N) is 2. The van der Waals surface area contributed by atoms with Crippen LogP contribution in [0.1, 0.15) is 30.2 Å². The van der Waals surface area contributed by atoms with Crippen molar-refractivity contribution in [2.75, 3.05) is 32.7 Å². The Morgan fingerprint density at radius 2 is 2.14 bits per heavy atom. The maximum Gasteiger partial charge on any atom is 0.289 e. The molecular weight excluding hydrogens is 284 g/mol. The summed E-state index contributed by atoms with van der Waals surface area (Å²) in [6, 6.07) is 3.15. The number of carbonyl (C=O) groups excluding carboxylic acids is 1. The molecule has 6 heteroatoms. The fourth-order valence-corrected chi connectivity index (χ4v) is 2.45. The van der Waals surface area contributed by atoms with Crippen LogP contribution in [-0.2, 0) is 6.61 Å². The van der Waals surface area contributed by atoms with Crippen LogP contribution < -0.4 is 0 Å². The van der Waals surface area contributed by atoms with Crippen molar-refractivity contribution < 1.29 is 19.4 Å². The highest BCUT2D eigenvalue weighted by atomic mass is 16.4. The number of aliphatic hydroxyl groups excluding tert-OH is 2. The van der Waals surface area contributed by atoms with Crippen LogP contribution in [0.5, 0.6) is 0 Å². The summed E-state index contributed by atoms with van der Waals surface area (Å²) in [7, 11) is 0. The molecule has 2 heterocycles. The minimum atomic E-state index is -0.579. The van der Waals surface area contributed by atoms with Crippen molar-refractivity contribution in [2.24, 2.45) is 0 Å². The van der Waals surface area contributed by atoms with Crippen molar-refractivity contribution in [1.29, 1.82) is 0 Å². The van der Waals surface area contributed by atoms with Gasteiger partial charge in [0, 0.05) is 32.7 Å². The van der Waals surface area contributed by atoms with Crippen LogP contribution in [0.25, 0.3) is 0 Å². The van der Waals surface area contributed by atoms with Crippen LogP contribution >= 0.6 is 0 Å². The highest BCUT2D eigenvalue weighted by molar-refractivity contribution is 5.91. The minimum Gasteiger partial charge on any atom is -0.453 e. The zero-order valence-electron chi connectivity index (χ0n) is 13.2. The number of allylic oxidation sites excluding steroid dienone is 1. The van der Waals surface area contributed by atoms with Gasteiger partial charge in [-0.25, -0.2) is 0 Å². The Morgan fingerprint density at radius 1 is 1.36 bits per heavy atom. The lowest BCUT2D eigenvalue weighted by atomic mass is 10.3. The van der Waals surface area contributed by atoms with Crippen molar-refractivity contribution in [1.82, 2.24) is 9.80 Å². The van der Waals surface area contributed by atoms with Crippen LogP contribution in [0.3, 0.4) is 0 Å². The highest BCUT2D eigenvalue weighted by Gasteiger charge is 2.26. The lowest BCUT2D eigenvalue weighted by molar-refractivity contribution is 0.0632. The Kier molecular flexibility index (Phi) is 5.76. The van der Waals surface area contributed by atoms with Gasteiger partial charge in [0.15, 0.2) is 5.76 Å². The molecule has 0 aliphatic carbocycles.